The van der Waals surface area contributed by atoms with Crippen LogP contribution < -0.4 is 4.48 Å². The van der Waals surface area contributed by atoms with Crippen molar-refractivity contribution >= 4 is 31.2 Å². The summed E-state index contributed by atoms with van der Waals surface area (Å²) in [4.78, 5) is 0. The largest absolute Gasteiger partial charge is 3.00 e. The number of aliphatic hydroxyl groups is 3. The van der Waals surface area contributed by atoms with E-state index in [4.69, 9.17) is 15.3 Å². The van der Waals surface area contributed by atoms with Crippen LogP contribution >= 0.6 is 0 Å². The number of para-hydroxylation sites is 4. The molecule has 0 radical (unpaired) electrons. The first-order valence-electron chi connectivity index (χ1n) is 11.6. The Bertz CT molecular complexity index is 817. The molecule has 0 spiro atoms. The van der Waals surface area contributed by atoms with Gasteiger partial charge in [-0.25, -0.2) is 0 Å². The average molecular weight is 471 g/mol. The molecule has 0 atom stereocenters. The quantitative estimate of drug-likeness (QED) is 0.232. The Hall–Kier alpha value is -3.22. The molecule has 0 amide bonds. The van der Waals surface area contributed by atoms with Gasteiger partial charge in [-0.05, 0) is 20.8 Å². The van der Waals surface area contributed by atoms with Crippen LogP contribution in [0, 0.1) is 0 Å². The molecule has 4 rings (SSSR count). The van der Waals surface area contributed by atoms with Crippen molar-refractivity contribution in [3.63, 3.8) is 0 Å². The standard InChI is InChI=1S/C24H20N.3C2H6O.B/c1-5-13-21(14-6-1)25(22-15-7-2-8-16-22,23-17-9-3-10-18-23)24-19-11-4-12-20-24;3*1-2-3;/h1-20H;3*3H,2H2,1H3;/q+1;;;;+3. The molecule has 3 N–H and O–H groups in total. The summed E-state index contributed by atoms with van der Waals surface area (Å²) in [5.74, 6) is 0. The van der Waals surface area contributed by atoms with Crippen LogP contribution in [0.1, 0.15) is 20.8 Å². The van der Waals surface area contributed by atoms with Crippen LogP contribution in [0.4, 0.5) is 22.7 Å². The molecule has 4 aromatic rings. The number of hydrogen-bond donors (Lipinski definition) is 3. The first-order chi connectivity index (χ1) is 16.7. The number of nitrogens with zero attached hydrogens (tertiary/aromatic N) is 1. The summed E-state index contributed by atoms with van der Waals surface area (Å²) in [7, 11) is 0. The second-order valence-electron chi connectivity index (χ2n) is 6.96. The zero-order valence-electron chi connectivity index (χ0n) is 21.0. The van der Waals surface area contributed by atoms with Gasteiger partial charge in [-0.1, -0.05) is 72.8 Å². The van der Waals surface area contributed by atoms with Gasteiger partial charge in [0.15, 0.2) is 0 Å². The first kappa shape index (κ1) is 31.8. The van der Waals surface area contributed by atoms with Crippen LogP contribution in [0.25, 0.3) is 0 Å². The van der Waals surface area contributed by atoms with Crippen molar-refractivity contribution in [2.75, 3.05) is 19.8 Å². The molecular formula is C30H38BNO3+4. The van der Waals surface area contributed by atoms with Crippen molar-refractivity contribution < 1.29 is 15.3 Å². The fourth-order valence-corrected chi connectivity index (χ4v) is 3.50. The number of rotatable bonds is 4. The van der Waals surface area contributed by atoms with Crippen LogP contribution in [0.15, 0.2) is 121 Å². The molecule has 180 valence electrons. The summed E-state index contributed by atoms with van der Waals surface area (Å²) >= 11 is 0. The second kappa shape index (κ2) is 19.1. The normalized spacial score (nSPS) is 9.54. The van der Waals surface area contributed by atoms with Crippen LogP contribution in [0.2, 0.25) is 0 Å². The first-order valence-corrected chi connectivity index (χ1v) is 11.6. The van der Waals surface area contributed by atoms with Crippen molar-refractivity contribution in [2.45, 2.75) is 20.8 Å². The summed E-state index contributed by atoms with van der Waals surface area (Å²) < 4.78 is 0.559. The van der Waals surface area contributed by atoms with Crippen LogP contribution in [-0.2, 0) is 0 Å². The Labute approximate surface area is 212 Å². The van der Waals surface area contributed by atoms with E-state index >= 15 is 0 Å². The molecular weight excluding hydrogens is 433 g/mol. The maximum atomic E-state index is 7.57. The Morgan fingerprint density at radius 3 is 0.686 bits per heavy atom. The van der Waals surface area contributed by atoms with Crippen molar-refractivity contribution in [3.05, 3.63) is 121 Å². The fraction of sp³-hybridized carbons (Fsp3) is 0.200. The molecule has 0 aliphatic carbocycles. The molecule has 4 aromatic carbocycles. The van der Waals surface area contributed by atoms with Gasteiger partial charge in [-0.3, -0.25) is 0 Å². The van der Waals surface area contributed by atoms with E-state index in [0.717, 1.165) is 0 Å². The van der Waals surface area contributed by atoms with Gasteiger partial charge in [-0.2, -0.15) is 4.48 Å². The van der Waals surface area contributed by atoms with Gasteiger partial charge < -0.3 is 15.3 Å². The van der Waals surface area contributed by atoms with Gasteiger partial charge in [0.05, 0.1) is 0 Å². The molecule has 5 heteroatoms. The minimum atomic E-state index is 0. The topological polar surface area (TPSA) is 60.7 Å². The van der Waals surface area contributed by atoms with E-state index in [0.29, 0.717) is 4.48 Å². The van der Waals surface area contributed by atoms with E-state index < -0.39 is 0 Å². The number of quaternary nitrogens is 1. The molecule has 0 heterocycles. The van der Waals surface area contributed by atoms with Crippen LogP contribution in [0.5, 0.6) is 0 Å². The Balaban J connectivity index is 0.00000102. The van der Waals surface area contributed by atoms with Crippen molar-refractivity contribution in [1.29, 1.82) is 0 Å². The van der Waals surface area contributed by atoms with E-state index in [1.165, 1.54) is 22.7 Å². The van der Waals surface area contributed by atoms with Crippen molar-refractivity contribution in [3.8, 4) is 0 Å². The smallest absolute Gasteiger partial charge is 0.397 e. The third-order valence-electron chi connectivity index (χ3n) is 4.57. The van der Waals surface area contributed by atoms with Crippen molar-refractivity contribution in [1.82, 2.24) is 4.48 Å². The van der Waals surface area contributed by atoms with E-state index in [1.807, 2.05) is 0 Å². The SMILES string of the molecule is CCO.CCO.CCO.[B+3].c1ccc([N+](c2ccccc2)(c2ccccc2)c2ccccc2)cc1. The number of benzene rings is 4. The molecule has 0 bridgehead atoms. The summed E-state index contributed by atoms with van der Waals surface area (Å²) in [6.45, 7) is 5.79. The van der Waals surface area contributed by atoms with Crippen LogP contribution in [0.3, 0.4) is 0 Å². The number of hydrogen-bond acceptors (Lipinski definition) is 3. The van der Waals surface area contributed by atoms with Gasteiger partial charge >= 0.3 is 8.41 Å². The van der Waals surface area contributed by atoms with Gasteiger partial charge in [0.1, 0.15) is 22.7 Å². The maximum absolute atomic E-state index is 7.57. The maximum Gasteiger partial charge on any atom is 3.00 e. The van der Waals surface area contributed by atoms with Crippen LogP contribution in [-0.4, -0.2) is 43.6 Å². The molecule has 0 unspecified atom stereocenters. The van der Waals surface area contributed by atoms with Gasteiger partial charge in [0, 0.05) is 68.4 Å². The molecule has 4 nitrogen and oxygen atoms in total. The van der Waals surface area contributed by atoms with E-state index in [9.17, 15) is 0 Å². The fourth-order valence-electron chi connectivity index (χ4n) is 3.50. The minimum absolute atomic E-state index is 0. The predicted octanol–water partition coefficient (Wildman–Crippen LogP) is 6.60. The van der Waals surface area contributed by atoms with E-state index in [2.05, 4.69) is 121 Å². The predicted molar refractivity (Wildman–Crippen MR) is 151 cm³/mol. The van der Waals surface area contributed by atoms with Gasteiger partial charge in [0.2, 0.25) is 0 Å². The Morgan fingerprint density at radius 2 is 0.543 bits per heavy atom. The Kier molecular flexibility index (Phi) is 17.4. The summed E-state index contributed by atoms with van der Waals surface area (Å²) in [6, 6.07) is 42.8. The third-order valence-corrected chi connectivity index (χ3v) is 4.57. The summed E-state index contributed by atoms with van der Waals surface area (Å²) in [5.41, 5.74) is 4.86. The Morgan fingerprint density at radius 1 is 0.400 bits per heavy atom. The second-order valence-corrected chi connectivity index (χ2v) is 6.96. The third kappa shape index (κ3) is 9.15. The molecule has 0 aromatic heterocycles. The van der Waals surface area contributed by atoms with E-state index in [1.54, 1.807) is 20.8 Å². The number of aliphatic hydroxyl groups excluding tert-OH is 3. The van der Waals surface area contributed by atoms with Crippen molar-refractivity contribution in [2.24, 2.45) is 0 Å². The monoisotopic (exact) mass is 471 g/mol. The molecule has 0 fully saturated rings. The molecule has 35 heavy (non-hydrogen) atoms. The van der Waals surface area contributed by atoms with Gasteiger partial charge in [0.25, 0.3) is 0 Å². The molecule has 0 aliphatic heterocycles. The summed E-state index contributed by atoms with van der Waals surface area (Å²) in [6.07, 6.45) is 0. The zero-order chi connectivity index (χ0) is 25.1. The van der Waals surface area contributed by atoms with Gasteiger partial charge in [-0.15, -0.1) is 0 Å². The molecule has 0 saturated carbocycles. The summed E-state index contributed by atoms with van der Waals surface area (Å²) in [5, 5.41) is 22.7. The minimum Gasteiger partial charge on any atom is -0.397 e. The molecule has 0 saturated heterocycles. The zero-order valence-corrected chi connectivity index (χ0v) is 21.0. The average Bonchev–Trinajstić information content (AvgIpc) is 2.89. The molecule has 0 aliphatic rings. The van der Waals surface area contributed by atoms with E-state index in [-0.39, 0.29) is 28.2 Å².